The first-order chi connectivity index (χ1) is 16.4. The second-order valence-electron chi connectivity index (χ2n) is 9.33. The number of ether oxygens (including phenoxy) is 2. The summed E-state index contributed by atoms with van der Waals surface area (Å²) in [6.45, 7) is 11.7. The molecule has 192 valence electrons. The van der Waals surface area contributed by atoms with Crippen LogP contribution in [0.4, 0.5) is 0 Å². The Kier molecular flexibility index (Phi) is 13.5. The van der Waals surface area contributed by atoms with Crippen LogP contribution in [0.3, 0.4) is 0 Å². The number of esters is 2. The topological polar surface area (TPSA) is 52.6 Å². The van der Waals surface area contributed by atoms with Crippen molar-refractivity contribution in [3.05, 3.63) is 15.8 Å². The summed E-state index contributed by atoms with van der Waals surface area (Å²) in [4.78, 5) is 26.4. The summed E-state index contributed by atoms with van der Waals surface area (Å²) < 4.78 is 17.9. The van der Waals surface area contributed by atoms with Gasteiger partial charge in [-0.05, 0) is 6.92 Å². The molecule has 0 N–H and O–H groups in total. The van der Waals surface area contributed by atoms with Gasteiger partial charge in [0.15, 0.2) is 0 Å². The fraction of sp³-hybridized carbons (Fsp3) is 0.704. The molecular formula is C27H44O4S2Sn. The molecule has 2 heterocycles. The third kappa shape index (κ3) is 8.22. The molecule has 4 nitrogen and oxygen atoms in total. The zero-order valence-corrected chi connectivity index (χ0v) is 26.4. The minimum atomic E-state index is -2.57. The van der Waals surface area contributed by atoms with Gasteiger partial charge in [0.05, 0.1) is 6.61 Å². The fourth-order valence-electron chi connectivity index (χ4n) is 4.67. The molecule has 0 aliphatic heterocycles. The summed E-state index contributed by atoms with van der Waals surface area (Å²) in [5.74, 6) is -0.400. The summed E-state index contributed by atoms with van der Waals surface area (Å²) in [6.07, 6.45) is 9.55. The number of rotatable bonds is 17. The van der Waals surface area contributed by atoms with Gasteiger partial charge in [0, 0.05) is 0 Å². The summed E-state index contributed by atoms with van der Waals surface area (Å²) >= 11 is 1.10. The van der Waals surface area contributed by atoms with Gasteiger partial charge in [-0.25, -0.2) is 0 Å². The first-order valence-electron chi connectivity index (χ1n) is 13.3. The van der Waals surface area contributed by atoms with Crippen LogP contribution >= 0.6 is 22.7 Å². The van der Waals surface area contributed by atoms with E-state index >= 15 is 0 Å². The molecule has 0 aromatic carbocycles. The van der Waals surface area contributed by atoms with Gasteiger partial charge < -0.3 is 0 Å². The van der Waals surface area contributed by atoms with E-state index in [1.165, 1.54) is 66.8 Å². The molecule has 0 aliphatic rings. The molecule has 0 unspecified atom stereocenters. The van der Waals surface area contributed by atoms with E-state index in [1.54, 1.807) is 14.2 Å². The minimum absolute atomic E-state index is 0.181. The van der Waals surface area contributed by atoms with Crippen LogP contribution in [0, 0.1) is 6.92 Å². The molecule has 0 saturated heterocycles. The Morgan fingerprint density at radius 1 is 0.853 bits per heavy atom. The van der Waals surface area contributed by atoms with Crippen LogP contribution in [0.5, 0.6) is 0 Å². The van der Waals surface area contributed by atoms with Crippen molar-refractivity contribution in [2.45, 2.75) is 106 Å². The Labute approximate surface area is 218 Å². The summed E-state index contributed by atoms with van der Waals surface area (Å²) in [5, 5.41) is 1.38. The van der Waals surface area contributed by atoms with Crippen molar-refractivity contribution in [3.63, 3.8) is 0 Å². The van der Waals surface area contributed by atoms with Crippen LogP contribution in [0.2, 0.25) is 13.3 Å². The number of hydrogen-bond donors (Lipinski definition) is 0. The predicted molar refractivity (Wildman–Crippen MR) is 150 cm³/mol. The third-order valence-electron chi connectivity index (χ3n) is 6.57. The standard InChI is InChI=1S/C15H17O4S2.3C4H9.Sn/c1-3-18-13(16)6-4-5-7-19-15(17)12-8-11-9-20-10(2)14(11)21-12;3*1-3-4-2;/h8H,3-7H2,1-2H3;3*1,3-4H2,2H3;. The van der Waals surface area contributed by atoms with Crippen LogP contribution in [0.1, 0.15) is 100 Å². The number of carbonyl (C=O) groups excluding carboxylic acids is 2. The fourth-order valence-corrected chi connectivity index (χ4v) is 27.5. The number of carbonyl (C=O) groups is 2. The molecule has 0 radical (unpaired) electrons. The maximum atomic E-state index is 12.8. The van der Waals surface area contributed by atoms with E-state index in [-0.39, 0.29) is 11.9 Å². The van der Waals surface area contributed by atoms with E-state index in [2.05, 4.69) is 45.1 Å². The molecular weight excluding hydrogens is 571 g/mol. The van der Waals surface area contributed by atoms with Gasteiger partial charge in [0.1, 0.15) is 0 Å². The molecule has 0 bridgehead atoms. The molecule has 2 aromatic rings. The van der Waals surface area contributed by atoms with Crippen molar-refractivity contribution in [2.75, 3.05) is 13.2 Å². The van der Waals surface area contributed by atoms with Crippen molar-refractivity contribution in [1.82, 2.24) is 0 Å². The summed E-state index contributed by atoms with van der Waals surface area (Å²) in [6, 6.07) is 2.15. The van der Waals surface area contributed by atoms with Crippen molar-refractivity contribution in [2.24, 2.45) is 0 Å². The summed E-state index contributed by atoms with van der Waals surface area (Å²) in [5.41, 5.74) is 0. The van der Waals surface area contributed by atoms with Gasteiger partial charge in [0.2, 0.25) is 0 Å². The Balaban J connectivity index is 2.20. The van der Waals surface area contributed by atoms with Crippen LogP contribution in [-0.4, -0.2) is 43.5 Å². The third-order valence-corrected chi connectivity index (χ3v) is 27.4. The van der Waals surface area contributed by atoms with Crippen LogP contribution in [0.25, 0.3) is 10.1 Å². The quantitative estimate of drug-likeness (QED) is 0.102. The van der Waals surface area contributed by atoms with Crippen molar-refractivity contribution < 1.29 is 19.1 Å². The Bertz CT molecular complexity index is 880. The molecule has 0 amide bonds. The molecule has 34 heavy (non-hydrogen) atoms. The van der Waals surface area contributed by atoms with E-state index in [0.29, 0.717) is 32.5 Å². The van der Waals surface area contributed by atoms with E-state index in [9.17, 15) is 9.59 Å². The van der Waals surface area contributed by atoms with Gasteiger partial charge in [-0.3, -0.25) is 0 Å². The first-order valence-corrected chi connectivity index (χ1v) is 22.4. The zero-order valence-electron chi connectivity index (χ0n) is 21.9. The SMILES string of the molecule is CCC[CH2][Sn]([CH2]CCC)([CH2]CCC)[c]1sc(C)c2sc(C(=O)OCCCCC(=O)OCC)cc12. The predicted octanol–water partition coefficient (Wildman–Crippen LogP) is 8.22. The van der Waals surface area contributed by atoms with Crippen molar-refractivity contribution >= 4 is 66.0 Å². The van der Waals surface area contributed by atoms with Gasteiger partial charge in [-0.15, -0.1) is 0 Å². The van der Waals surface area contributed by atoms with Crippen molar-refractivity contribution in [1.29, 1.82) is 0 Å². The molecule has 2 rings (SSSR count). The average Bonchev–Trinajstić information content (AvgIpc) is 3.39. The van der Waals surface area contributed by atoms with Crippen LogP contribution < -0.4 is 2.89 Å². The van der Waals surface area contributed by atoms with Gasteiger partial charge in [0.25, 0.3) is 0 Å². The van der Waals surface area contributed by atoms with Crippen LogP contribution in [0.15, 0.2) is 6.07 Å². The maximum absolute atomic E-state index is 12.8. The molecule has 0 spiro atoms. The first kappa shape index (κ1) is 29.6. The second kappa shape index (κ2) is 15.5. The molecule has 7 heteroatoms. The molecule has 0 aliphatic carbocycles. The molecule has 0 saturated carbocycles. The van der Waals surface area contributed by atoms with Crippen molar-refractivity contribution in [3.8, 4) is 0 Å². The van der Waals surface area contributed by atoms with E-state index in [0.717, 1.165) is 4.88 Å². The van der Waals surface area contributed by atoms with E-state index in [1.807, 2.05) is 6.92 Å². The number of aryl methyl sites for hydroxylation is 1. The Hall–Kier alpha value is -0.601. The molecule has 2 aromatic heterocycles. The summed E-state index contributed by atoms with van der Waals surface area (Å²) in [7, 11) is 0. The number of thiophene rings is 2. The number of hydrogen-bond acceptors (Lipinski definition) is 6. The second-order valence-corrected chi connectivity index (χ2v) is 25.7. The Morgan fingerprint density at radius 3 is 2.03 bits per heavy atom. The van der Waals surface area contributed by atoms with Gasteiger partial charge in [-0.2, -0.15) is 0 Å². The van der Waals surface area contributed by atoms with Gasteiger partial charge >= 0.3 is 206 Å². The van der Waals surface area contributed by atoms with Gasteiger partial charge in [-0.1, -0.05) is 0 Å². The molecule has 0 fully saturated rings. The normalized spacial score (nSPS) is 11.8. The van der Waals surface area contributed by atoms with Crippen LogP contribution in [-0.2, 0) is 14.3 Å². The number of fused-ring (bicyclic) bond motifs is 1. The Morgan fingerprint density at radius 2 is 1.47 bits per heavy atom. The monoisotopic (exact) mass is 616 g/mol. The zero-order chi connectivity index (χ0) is 25.0. The molecule has 0 atom stereocenters. The van der Waals surface area contributed by atoms with E-state index in [4.69, 9.17) is 9.47 Å². The van der Waals surface area contributed by atoms with E-state index < -0.39 is 18.4 Å². The number of unbranched alkanes of at least 4 members (excludes halogenated alkanes) is 4. The average molecular weight is 615 g/mol.